The molecule has 1 aromatic carbocycles. The van der Waals surface area contributed by atoms with Gasteiger partial charge in [-0.25, -0.2) is 9.97 Å². The normalized spacial score (nSPS) is 10.4. The smallest absolute Gasteiger partial charge is 0.233 e. The van der Waals surface area contributed by atoms with Crippen LogP contribution >= 0.6 is 11.3 Å². The van der Waals surface area contributed by atoms with Crippen LogP contribution in [0.5, 0.6) is 5.88 Å². The number of thiazole rings is 1. The second kappa shape index (κ2) is 5.26. The topological polar surface area (TPSA) is 73.9 Å². The number of nitrogens with two attached hydrogens (primary N) is 1. The number of ether oxygens (including phenoxy) is 1. The molecule has 0 aliphatic carbocycles. The highest BCUT2D eigenvalue weighted by Gasteiger charge is 2.16. The summed E-state index contributed by atoms with van der Waals surface area (Å²) < 4.78 is 5.34. The van der Waals surface area contributed by atoms with E-state index in [0.29, 0.717) is 11.7 Å². The highest BCUT2D eigenvalue weighted by Crippen LogP contribution is 2.38. The second-order valence-electron chi connectivity index (χ2n) is 4.05. The molecule has 0 spiro atoms. The van der Waals surface area contributed by atoms with Crippen LogP contribution in [0, 0.1) is 0 Å². The summed E-state index contributed by atoms with van der Waals surface area (Å²) in [4.78, 5) is 13.8. The van der Waals surface area contributed by atoms with E-state index in [1.165, 1.54) is 11.3 Å². The molecule has 0 aliphatic rings. The van der Waals surface area contributed by atoms with Crippen molar-refractivity contribution in [1.82, 2.24) is 15.0 Å². The van der Waals surface area contributed by atoms with Gasteiger partial charge in [-0.3, -0.25) is 0 Å². The molecule has 0 fully saturated rings. The Hall–Kier alpha value is -2.47. The SMILES string of the molecule is COc1nc(-c2ncccn2)sc1-c1ccc(N)cc1. The van der Waals surface area contributed by atoms with Gasteiger partial charge in [0.1, 0.15) is 0 Å². The first kappa shape index (κ1) is 12.6. The van der Waals surface area contributed by atoms with Crippen molar-refractivity contribution >= 4 is 17.0 Å². The highest BCUT2D eigenvalue weighted by molar-refractivity contribution is 7.18. The van der Waals surface area contributed by atoms with Crippen LogP contribution in [0.25, 0.3) is 21.3 Å². The number of benzene rings is 1. The van der Waals surface area contributed by atoms with Crippen molar-refractivity contribution in [3.63, 3.8) is 0 Å². The first-order chi connectivity index (χ1) is 9.78. The first-order valence-corrected chi connectivity index (χ1v) is 6.77. The third-order valence-electron chi connectivity index (χ3n) is 2.72. The van der Waals surface area contributed by atoms with E-state index >= 15 is 0 Å². The average Bonchev–Trinajstić information content (AvgIpc) is 2.93. The summed E-state index contributed by atoms with van der Waals surface area (Å²) in [6.45, 7) is 0. The number of nitrogens with zero attached hydrogens (tertiary/aromatic N) is 3. The van der Waals surface area contributed by atoms with Crippen LogP contribution in [0.15, 0.2) is 42.7 Å². The van der Waals surface area contributed by atoms with Crippen molar-refractivity contribution in [3.8, 4) is 27.2 Å². The standard InChI is InChI=1S/C14H12N4OS/c1-19-13-11(9-3-5-10(15)6-4-9)20-14(18-13)12-16-7-2-8-17-12/h2-8H,15H2,1H3. The number of hydrogen-bond acceptors (Lipinski definition) is 6. The maximum atomic E-state index is 5.71. The molecule has 3 rings (SSSR count). The molecule has 100 valence electrons. The zero-order valence-electron chi connectivity index (χ0n) is 10.8. The fraction of sp³-hybridized carbons (Fsp3) is 0.0714. The van der Waals surface area contributed by atoms with Crippen molar-refractivity contribution in [2.24, 2.45) is 0 Å². The van der Waals surface area contributed by atoms with Crippen LogP contribution in [-0.2, 0) is 0 Å². The van der Waals surface area contributed by atoms with E-state index in [4.69, 9.17) is 10.5 Å². The summed E-state index contributed by atoms with van der Waals surface area (Å²) in [5, 5.41) is 0.731. The van der Waals surface area contributed by atoms with Gasteiger partial charge in [-0.2, -0.15) is 4.98 Å². The quantitative estimate of drug-likeness (QED) is 0.749. The molecule has 0 amide bonds. The Labute approximate surface area is 120 Å². The van der Waals surface area contributed by atoms with E-state index in [1.807, 2.05) is 24.3 Å². The Balaban J connectivity index is 2.07. The fourth-order valence-electron chi connectivity index (χ4n) is 1.77. The number of hydrogen-bond donors (Lipinski definition) is 1. The largest absolute Gasteiger partial charge is 0.480 e. The average molecular weight is 284 g/mol. The van der Waals surface area contributed by atoms with Crippen molar-refractivity contribution in [2.75, 3.05) is 12.8 Å². The van der Waals surface area contributed by atoms with E-state index in [0.717, 1.165) is 21.1 Å². The van der Waals surface area contributed by atoms with Gasteiger partial charge in [0.05, 0.1) is 12.0 Å². The van der Waals surface area contributed by atoms with Crippen LogP contribution in [0.3, 0.4) is 0 Å². The highest BCUT2D eigenvalue weighted by atomic mass is 32.1. The molecule has 2 aromatic heterocycles. The minimum Gasteiger partial charge on any atom is -0.480 e. The van der Waals surface area contributed by atoms with Crippen molar-refractivity contribution < 1.29 is 4.74 Å². The molecule has 6 heteroatoms. The third-order valence-corrected chi connectivity index (χ3v) is 3.80. The Morgan fingerprint density at radius 2 is 1.80 bits per heavy atom. The van der Waals surface area contributed by atoms with Crippen molar-refractivity contribution in [3.05, 3.63) is 42.7 Å². The molecule has 0 radical (unpaired) electrons. The van der Waals surface area contributed by atoms with Crippen LogP contribution in [0.1, 0.15) is 0 Å². The lowest BCUT2D eigenvalue weighted by molar-refractivity contribution is 0.402. The van der Waals surface area contributed by atoms with Crippen LogP contribution in [0.4, 0.5) is 5.69 Å². The maximum Gasteiger partial charge on any atom is 0.233 e. The summed E-state index contributed by atoms with van der Waals surface area (Å²) in [7, 11) is 1.60. The van der Waals surface area contributed by atoms with Gasteiger partial charge in [0.15, 0.2) is 10.8 Å². The number of aromatic nitrogens is 3. The second-order valence-corrected chi connectivity index (χ2v) is 5.05. The van der Waals surface area contributed by atoms with Crippen molar-refractivity contribution in [2.45, 2.75) is 0 Å². The molecule has 0 atom stereocenters. The minimum atomic E-state index is 0.572. The van der Waals surface area contributed by atoms with E-state index in [-0.39, 0.29) is 0 Å². The molecular formula is C14H12N4OS. The number of rotatable bonds is 3. The van der Waals surface area contributed by atoms with Crippen molar-refractivity contribution in [1.29, 1.82) is 0 Å². The molecule has 0 aliphatic heterocycles. The molecule has 20 heavy (non-hydrogen) atoms. The molecule has 2 N–H and O–H groups in total. The molecular weight excluding hydrogens is 272 g/mol. The number of methoxy groups -OCH3 is 1. The lowest BCUT2D eigenvalue weighted by Crippen LogP contribution is -1.88. The third kappa shape index (κ3) is 2.33. The Bertz CT molecular complexity index is 710. The van der Waals surface area contributed by atoms with Gasteiger partial charge in [-0.05, 0) is 23.8 Å². The van der Waals surface area contributed by atoms with E-state index < -0.39 is 0 Å². The number of anilines is 1. The molecule has 5 nitrogen and oxygen atoms in total. The zero-order valence-corrected chi connectivity index (χ0v) is 11.6. The first-order valence-electron chi connectivity index (χ1n) is 5.96. The molecule has 0 bridgehead atoms. The van der Waals surface area contributed by atoms with Gasteiger partial charge < -0.3 is 10.5 Å². The molecule has 2 heterocycles. The van der Waals surface area contributed by atoms with Gasteiger partial charge >= 0.3 is 0 Å². The van der Waals surface area contributed by atoms with Crippen LogP contribution in [-0.4, -0.2) is 22.1 Å². The van der Waals surface area contributed by atoms with Gasteiger partial charge in [0, 0.05) is 18.1 Å². The minimum absolute atomic E-state index is 0.572. The Morgan fingerprint density at radius 1 is 1.10 bits per heavy atom. The molecule has 0 saturated heterocycles. The fourth-order valence-corrected chi connectivity index (χ4v) is 2.76. The van der Waals surface area contributed by atoms with Crippen LogP contribution in [0.2, 0.25) is 0 Å². The lowest BCUT2D eigenvalue weighted by Gasteiger charge is -2.00. The zero-order chi connectivity index (χ0) is 13.9. The predicted molar refractivity (Wildman–Crippen MR) is 79.5 cm³/mol. The predicted octanol–water partition coefficient (Wildman–Crippen LogP) is 2.86. The maximum absolute atomic E-state index is 5.71. The molecule has 0 saturated carbocycles. The summed E-state index contributed by atoms with van der Waals surface area (Å²) in [5.74, 6) is 1.17. The van der Waals surface area contributed by atoms with E-state index in [9.17, 15) is 0 Å². The van der Waals surface area contributed by atoms with E-state index in [2.05, 4.69) is 15.0 Å². The molecule has 0 unspecified atom stereocenters. The van der Waals surface area contributed by atoms with Gasteiger partial charge in [-0.15, -0.1) is 11.3 Å². The van der Waals surface area contributed by atoms with Gasteiger partial charge in [-0.1, -0.05) is 12.1 Å². The Kier molecular flexibility index (Phi) is 3.30. The van der Waals surface area contributed by atoms with E-state index in [1.54, 1.807) is 25.6 Å². The van der Waals surface area contributed by atoms with Crippen LogP contribution < -0.4 is 10.5 Å². The van der Waals surface area contributed by atoms with Gasteiger partial charge in [0.25, 0.3) is 0 Å². The Morgan fingerprint density at radius 3 is 2.45 bits per heavy atom. The summed E-state index contributed by atoms with van der Waals surface area (Å²) in [6, 6.07) is 9.37. The summed E-state index contributed by atoms with van der Waals surface area (Å²) >= 11 is 1.49. The molecule has 3 aromatic rings. The lowest BCUT2D eigenvalue weighted by atomic mass is 10.2. The number of nitrogen functional groups attached to an aromatic ring is 1. The monoisotopic (exact) mass is 284 g/mol. The summed E-state index contributed by atoms with van der Waals surface area (Å²) in [6.07, 6.45) is 3.39. The summed E-state index contributed by atoms with van der Waals surface area (Å²) in [5.41, 5.74) is 7.44. The van der Waals surface area contributed by atoms with Gasteiger partial charge in [0.2, 0.25) is 5.88 Å².